The summed E-state index contributed by atoms with van der Waals surface area (Å²) >= 11 is 0. The number of hydrogen-bond acceptors (Lipinski definition) is 3. The summed E-state index contributed by atoms with van der Waals surface area (Å²) in [5, 5.41) is 6.36. The minimum atomic E-state index is -0.351. The van der Waals surface area contributed by atoms with Crippen molar-refractivity contribution < 1.29 is 9.59 Å². The van der Waals surface area contributed by atoms with Crippen molar-refractivity contribution in [2.45, 2.75) is 25.0 Å². The summed E-state index contributed by atoms with van der Waals surface area (Å²) < 4.78 is 0. The molecule has 6 heteroatoms. The molecule has 2 N–H and O–H groups in total. The first kappa shape index (κ1) is 17.5. The first-order chi connectivity index (χ1) is 13.2. The monoisotopic (exact) mass is 364 g/mol. The SMILES string of the molecule is O=C(Nc1ccccc1)N1CCC2(CC1)NCC(=O)N2Cc1ccccc1. The molecule has 2 fully saturated rings. The van der Waals surface area contributed by atoms with Gasteiger partial charge in [-0.2, -0.15) is 0 Å². The highest BCUT2D eigenvalue weighted by molar-refractivity contribution is 5.89. The predicted octanol–water partition coefficient (Wildman–Crippen LogP) is 2.64. The van der Waals surface area contributed by atoms with E-state index in [9.17, 15) is 9.59 Å². The number of benzene rings is 2. The first-order valence-corrected chi connectivity index (χ1v) is 9.37. The van der Waals surface area contributed by atoms with E-state index in [0.29, 0.717) is 26.2 Å². The molecule has 1 spiro atoms. The number of rotatable bonds is 3. The van der Waals surface area contributed by atoms with E-state index in [4.69, 9.17) is 0 Å². The Balaban J connectivity index is 1.40. The summed E-state index contributed by atoms with van der Waals surface area (Å²) in [6, 6.07) is 19.4. The quantitative estimate of drug-likeness (QED) is 0.880. The molecule has 2 heterocycles. The summed E-state index contributed by atoms with van der Waals surface area (Å²) in [6.07, 6.45) is 1.46. The van der Waals surface area contributed by atoms with Gasteiger partial charge in [0.05, 0.1) is 12.2 Å². The van der Waals surface area contributed by atoms with E-state index < -0.39 is 0 Å². The Hall–Kier alpha value is -2.86. The van der Waals surface area contributed by atoms with E-state index >= 15 is 0 Å². The molecule has 2 saturated heterocycles. The molecule has 0 aromatic heterocycles. The summed E-state index contributed by atoms with van der Waals surface area (Å²) in [4.78, 5) is 28.8. The molecule has 4 rings (SSSR count). The van der Waals surface area contributed by atoms with Gasteiger partial charge in [0, 0.05) is 38.2 Å². The minimum absolute atomic E-state index is 0.0880. The average Bonchev–Trinajstić information content (AvgIpc) is 3.00. The van der Waals surface area contributed by atoms with E-state index in [-0.39, 0.29) is 17.6 Å². The third-order valence-electron chi connectivity index (χ3n) is 5.47. The van der Waals surface area contributed by atoms with Crippen molar-refractivity contribution in [3.8, 4) is 0 Å². The van der Waals surface area contributed by atoms with E-state index in [1.165, 1.54) is 0 Å². The van der Waals surface area contributed by atoms with Crippen LogP contribution in [0.4, 0.5) is 10.5 Å². The number of urea groups is 1. The van der Waals surface area contributed by atoms with Gasteiger partial charge in [0.15, 0.2) is 0 Å². The fourth-order valence-electron chi connectivity index (χ4n) is 3.93. The molecule has 27 heavy (non-hydrogen) atoms. The van der Waals surface area contributed by atoms with Crippen LogP contribution in [0.25, 0.3) is 0 Å². The fourth-order valence-corrected chi connectivity index (χ4v) is 3.93. The number of nitrogens with one attached hydrogen (secondary N) is 2. The van der Waals surface area contributed by atoms with E-state index in [1.54, 1.807) is 0 Å². The second kappa shape index (κ2) is 7.40. The lowest BCUT2D eigenvalue weighted by atomic mass is 9.95. The molecule has 3 amide bonds. The van der Waals surface area contributed by atoms with Crippen molar-refractivity contribution in [3.05, 3.63) is 66.2 Å². The second-order valence-electron chi connectivity index (χ2n) is 7.13. The molecule has 0 aliphatic carbocycles. The number of hydrogen-bond donors (Lipinski definition) is 2. The largest absolute Gasteiger partial charge is 0.324 e. The van der Waals surface area contributed by atoms with Crippen molar-refractivity contribution >= 4 is 17.6 Å². The Labute approximate surface area is 159 Å². The third kappa shape index (κ3) is 3.66. The van der Waals surface area contributed by atoms with E-state index in [1.807, 2.05) is 70.5 Å². The Bertz CT molecular complexity index is 801. The molecule has 0 radical (unpaired) electrons. The lowest BCUT2D eigenvalue weighted by molar-refractivity contribution is -0.132. The van der Waals surface area contributed by atoms with Gasteiger partial charge in [-0.05, 0) is 17.7 Å². The van der Waals surface area contributed by atoms with Crippen LogP contribution in [0.3, 0.4) is 0 Å². The van der Waals surface area contributed by atoms with Gasteiger partial charge in [-0.15, -0.1) is 0 Å². The van der Waals surface area contributed by atoms with Crippen LogP contribution in [0.5, 0.6) is 0 Å². The Kier molecular flexibility index (Phi) is 4.81. The molecule has 2 aromatic carbocycles. The summed E-state index contributed by atoms with van der Waals surface area (Å²) in [6.45, 7) is 2.19. The number of carbonyl (C=O) groups is 2. The zero-order valence-electron chi connectivity index (χ0n) is 15.2. The first-order valence-electron chi connectivity index (χ1n) is 9.37. The van der Waals surface area contributed by atoms with Gasteiger partial charge in [0.1, 0.15) is 0 Å². The van der Waals surface area contributed by atoms with Crippen LogP contribution >= 0.6 is 0 Å². The van der Waals surface area contributed by atoms with Crippen LogP contribution in [-0.2, 0) is 11.3 Å². The van der Waals surface area contributed by atoms with Crippen molar-refractivity contribution in [1.82, 2.24) is 15.1 Å². The van der Waals surface area contributed by atoms with Crippen LogP contribution in [-0.4, -0.2) is 47.0 Å². The molecule has 140 valence electrons. The number of amides is 3. The van der Waals surface area contributed by atoms with Gasteiger partial charge in [0.25, 0.3) is 0 Å². The third-order valence-corrected chi connectivity index (χ3v) is 5.47. The number of para-hydroxylation sites is 1. The number of carbonyl (C=O) groups excluding carboxylic acids is 2. The molecule has 0 atom stereocenters. The predicted molar refractivity (Wildman–Crippen MR) is 104 cm³/mol. The average molecular weight is 364 g/mol. The molecule has 0 bridgehead atoms. The molecule has 2 aliphatic rings. The van der Waals surface area contributed by atoms with Gasteiger partial charge in [-0.3, -0.25) is 10.1 Å². The van der Waals surface area contributed by atoms with Crippen molar-refractivity contribution in [3.63, 3.8) is 0 Å². The van der Waals surface area contributed by atoms with Gasteiger partial charge < -0.3 is 15.1 Å². The number of piperidine rings is 1. The highest BCUT2D eigenvalue weighted by Gasteiger charge is 2.47. The Morgan fingerprint density at radius 3 is 2.30 bits per heavy atom. The van der Waals surface area contributed by atoms with Crippen molar-refractivity contribution in [1.29, 1.82) is 0 Å². The van der Waals surface area contributed by atoms with Crippen molar-refractivity contribution in [2.24, 2.45) is 0 Å². The molecule has 2 aromatic rings. The van der Waals surface area contributed by atoms with Gasteiger partial charge in [-0.25, -0.2) is 4.79 Å². The highest BCUT2D eigenvalue weighted by atomic mass is 16.2. The van der Waals surface area contributed by atoms with Crippen molar-refractivity contribution in [2.75, 3.05) is 25.0 Å². The van der Waals surface area contributed by atoms with Gasteiger partial charge in [-0.1, -0.05) is 48.5 Å². The number of likely N-dealkylation sites (tertiary alicyclic amines) is 1. The Morgan fingerprint density at radius 1 is 1.00 bits per heavy atom. The smallest absolute Gasteiger partial charge is 0.321 e. The van der Waals surface area contributed by atoms with Crippen LogP contribution in [0.2, 0.25) is 0 Å². The maximum absolute atomic E-state index is 12.5. The minimum Gasteiger partial charge on any atom is -0.324 e. The zero-order valence-corrected chi connectivity index (χ0v) is 15.2. The summed E-state index contributed by atoms with van der Waals surface area (Å²) in [5.41, 5.74) is 1.57. The van der Waals surface area contributed by atoms with Gasteiger partial charge >= 0.3 is 6.03 Å². The Morgan fingerprint density at radius 2 is 1.63 bits per heavy atom. The van der Waals surface area contributed by atoms with Crippen LogP contribution < -0.4 is 10.6 Å². The standard InChI is InChI=1S/C21H24N4O2/c26-19-15-22-21(25(19)16-17-7-3-1-4-8-17)11-13-24(14-12-21)20(27)23-18-9-5-2-6-10-18/h1-10,22H,11-16H2,(H,23,27). The lowest BCUT2D eigenvalue weighted by Crippen LogP contribution is -2.59. The van der Waals surface area contributed by atoms with E-state index in [2.05, 4.69) is 10.6 Å². The molecular weight excluding hydrogens is 340 g/mol. The molecular formula is C21H24N4O2. The summed E-state index contributed by atoms with van der Waals surface area (Å²) in [7, 11) is 0. The van der Waals surface area contributed by atoms with Gasteiger partial charge in [0.2, 0.25) is 5.91 Å². The number of anilines is 1. The summed E-state index contributed by atoms with van der Waals surface area (Å²) in [5.74, 6) is 0.126. The number of nitrogens with zero attached hydrogens (tertiary/aromatic N) is 2. The molecule has 0 unspecified atom stereocenters. The van der Waals surface area contributed by atoms with Crippen LogP contribution in [0.15, 0.2) is 60.7 Å². The fraction of sp³-hybridized carbons (Fsp3) is 0.333. The lowest BCUT2D eigenvalue weighted by Gasteiger charge is -2.44. The second-order valence-corrected chi connectivity index (χ2v) is 7.13. The highest BCUT2D eigenvalue weighted by Crippen LogP contribution is 2.31. The van der Waals surface area contributed by atoms with E-state index in [0.717, 1.165) is 24.1 Å². The zero-order chi connectivity index (χ0) is 18.7. The molecule has 0 saturated carbocycles. The topological polar surface area (TPSA) is 64.7 Å². The van der Waals surface area contributed by atoms with Crippen LogP contribution in [0, 0.1) is 0 Å². The maximum Gasteiger partial charge on any atom is 0.321 e. The van der Waals surface area contributed by atoms with Crippen LogP contribution in [0.1, 0.15) is 18.4 Å². The maximum atomic E-state index is 12.5. The molecule has 6 nitrogen and oxygen atoms in total. The normalized spacial score (nSPS) is 18.7. The molecule has 2 aliphatic heterocycles.